The predicted octanol–water partition coefficient (Wildman–Crippen LogP) is 3.31. The van der Waals surface area contributed by atoms with E-state index >= 15 is 0 Å². The average Bonchev–Trinajstić information content (AvgIpc) is 2.71. The van der Waals surface area contributed by atoms with Crippen molar-refractivity contribution in [2.75, 3.05) is 0 Å². The van der Waals surface area contributed by atoms with Gasteiger partial charge in [0, 0.05) is 9.75 Å². The highest BCUT2D eigenvalue weighted by Crippen LogP contribution is 2.30. The van der Waals surface area contributed by atoms with E-state index < -0.39 is 0 Å². The fraction of sp³-hybridized carbons (Fsp3) is 0.333. The molecule has 0 bridgehead atoms. The quantitative estimate of drug-likeness (QED) is 0.845. The molecule has 2 aromatic rings. The maximum atomic E-state index is 6.19. The molecule has 0 fully saturated rings. The Balaban J connectivity index is 2.40. The van der Waals surface area contributed by atoms with Gasteiger partial charge in [-0.1, -0.05) is 0 Å². The van der Waals surface area contributed by atoms with Gasteiger partial charge < -0.3 is 10.2 Å². The third kappa shape index (κ3) is 1.85. The van der Waals surface area contributed by atoms with E-state index in [4.69, 9.17) is 10.2 Å². The Bertz CT molecular complexity index is 470. The van der Waals surface area contributed by atoms with Crippen molar-refractivity contribution in [3.63, 3.8) is 0 Å². The summed E-state index contributed by atoms with van der Waals surface area (Å²) in [6, 6.07) is 3.96. The van der Waals surface area contributed by atoms with Crippen molar-refractivity contribution >= 4 is 11.3 Å². The molecule has 2 rings (SSSR count). The first kappa shape index (κ1) is 10.5. The third-order valence-electron chi connectivity index (χ3n) is 2.60. The zero-order valence-electron chi connectivity index (χ0n) is 9.20. The summed E-state index contributed by atoms with van der Waals surface area (Å²) < 4.78 is 5.42. The van der Waals surface area contributed by atoms with Crippen LogP contribution in [0.4, 0.5) is 0 Å². The van der Waals surface area contributed by atoms with E-state index in [1.165, 1.54) is 15.3 Å². The molecule has 2 nitrogen and oxygen atoms in total. The van der Waals surface area contributed by atoms with Crippen molar-refractivity contribution in [1.82, 2.24) is 0 Å². The maximum absolute atomic E-state index is 6.19. The normalized spacial score (nSPS) is 13.1. The van der Waals surface area contributed by atoms with Gasteiger partial charge in [-0.3, -0.25) is 0 Å². The van der Waals surface area contributed by atoms with Crippen LogP contribution in [-0.2, 0) is 0 Å². The van der Waals surface area contributed by atoms with Crippen LogP contribution in [0.15, 0.2) is 22.8 Å². The van der Waals surface area contributed by atoms with Gasteiger partial charge in [0.2, 0.25) is 0 Å². The van der Waals surface area contributed by atoms with Gasteiger partial charge in [-0.2, -0.15) is 0 Å². The van der Waals surface area contributed by atoms with Crippen molar-refractivity contribution in [2.24, 2.45) is 5.73 Å². The number of nitrogens with two attached hydrogens (primary N) is 1. The minimum absolute atomic E-state index is 0.134. The van der Waals surface area contributed by atoms with E-state index in [1.54, 1.807) is 17.6 Å². The molecule has 2 N–H and O–H groups in total. The lowest BCUT2D eigenvalue weighted by Crippen LogP contribution is -2.12. The number of aryl methyl sites for hydroxylation is 3. The van der Waals surface area contributed by atoms with E-state index in [1.807, 2.05) is 13.0 Å². The summed E-state index contributed by atoms with van der Waals surface area (Å²) in [5, 5.41) is 0. The third-order valence-corrected chi connectivity index (χ3v) is 3.58. The molecule has 0 saturated carbocycles. The highest BCUT2D eigenvalue weighted by Gasteiger charge is 2.18. The topological polar surface area (TPSA) is 39.2 Å². The van der Waals surface area contributed by atoms with Crippen molar-refractivity contribution in [3.05, 3.63) is 45.0 Å². The summed E-state index contributed by atoms with van der Waals surface area (Å²) in [4.78, 5) is 2.57. The van der Waals surface area contributed by atoms with Crippen molar-refractivity contribution in [2.45, 2.75) is 26.8 Å². The Morgan fingerprint density at radius 2 is 2.07 bits per heavy atom. The summed E-state index contributed by atoms with van der Waals surface area (Å²) in [5.74, 6) is 0.871. The van der Waals surface area contributed by atoms with Crippen molar-refractivity contribution < 1.29 is 4.42 Å². The molecule has 0 aliphatic rings. The van der Waals surface area contributed by atoms with Crippen LogP contribution in [0.2, 0.25) is 0 Å². The zero-order chi connectivity index (χ0) is 11.0. The second-order valence-corrected chi connectivity index (χ2v) is 5.27. The fourth-order valence-electron chi connectivity index (χ4n) is 1.80. The van der Waals surface area contributed by atoms with E-state index in [-0.39, 0.29) is 6.04 Å². The molecule has 1 unspecified atom stereocenters. The molecule has 1 atom stereocenters. The highest BCUT2D eigenvalue weighted by molar-refractivity contribution is 7.12. The second-order valence-electron chi connectivity index (χ2n) is 3.81. The monoisotopic (exact) mass is 221 g/mol. The van der Waals surface area contributed by atoms with Gasteiger partial charge >= 0.3 is 0 Å². The molecule has 0 spiro atoms. The zero-order valence-corrected chi connectivity index (χ0v) is 10.0. The lowest BCUT2D eigenvalue weighted by atomic mass is 10.0. The van der Waals surface area contributed by atoms with E-state index in [0.717, 1.165) is 11.3 Å². The Kier molecular flexibility index (Phi) is 2.67. The molecule has 3 heteroatoms. The van der Waals surface area contributed by atoms with Crippen LogP contribution >= 0.6 is 11.3 Å². The Morgan fingerprint density at radius 1 is 1.33 bits per heavy atom. The molecule has 0 aliphatic carbocycles. The number of furan rings is 1. The smallest absolute Gasteiger partial charge is 0.127 e. The molecule has 0 saturated heterocycles. The van der Waals surface area contributed by atoms with Gasteiger partial charge in [-0.05, 0) is 44.0 Å². The molecule has 15 heavy (non-hydrogen) atoms. The Hall–Kier alpha value is -1.06. The average molecular weight is 221 g/mol. The molecular formula is C12H15NOS. The van der Waals surface area contributed by atoms with E-state index in [0.29, 0.717) is 0 Å². The molecule has 2 aromatic heterocycles. The summed E-state index contributed by atoms with van der Waals surface area (Å²) >= 11 is 1.78. The van der Waals surface area contributed by atoms with Crippen LogP contribution in [0, 0.1) is 20.8 Å². The van der Waals surface area contributed by atoms with Gasteiger partial charge in [0.1, 0.15) is 5.76 Å². The summed E-state index contributed by atoms with van der Waals surface area (Å²) in [6.45, 7) is 6.22. The lowest BCUT2D eigenvalue weighted by Gasteiger charge is -2.09. The number of hydrogen-bond acceptors (Lipinski definition) is 3. The SMILES string of the molecule is Cc1cc(C(N)c2occc2C)c(C)s1. The van der Waals surface area contributed by atoms with Crippen molar-refractivity contribution in [3.8, 4) is 0 Å². The summed E-state index contributed by atoms with van der Waals surface area (Å²) in [5.41, 5.74) is 8.48. The van der Waals surface area contributed by atoms with Gasteiger partial charge in [0.25, 0.3) is 0 Å². The molecule has 2 heterocycles. The van der Waals surface area contributed by atoms with Crippen LogP contribution < -0.4 is 5.73 Å². The summed E-state index contributed by atoms with van der Waals surface area (Å²) in [6.07, 6.45) is 1.69. The number of hydrogen-bond donors (Lipinski definition) is 1. The molecular weight excluding hydrogens is 206 g/mol. The molecule has 0 aromatic carbocycles. The first-order valence-corrected chi connectivity index (χ1v) is 5.77. The van der Waals surface area contributed by atoms with E-state index in [2.05, 4.69) is 19.9 Å². The molecule has 0 amide bonds. The number of thiophene rings is 1. The minimum atomic E-state index is -0.134. The summed E-state index contributed by atoms with van der Waals surface area (Å²) in [7, 11) is 0. The van der Waals surface area contributed by atoms with Crippen LogP contribution in [0.5, 0.6) is 0 Å². The highest BCUT2D eigenvalue weighted by atomic mass is 32.1. The van der Waals surface area contributed by atoms with Gasteiger partial charge in [0.15, 0.2) is 0 Å². The fourth-order valence-corrected chi connectivity index (χ4v) is 2.78. The largest absolute Gasteiger partial charge is 0.467 e. The van der Waals surface area contributed by atoms with E-state index in [9.17, 15) is 0 Å². The second kappa shape index (κ2) is 3.83. The van der Waals surface area contributed by atoms with Gasteiger partial charge in [-0.15, -0.1) is 11.3 Å². The van der Waals surface area contributed by atoms with Gasteiger partial charge in [-0.25, -0.2) is 0 Å². The molecule has 80 valence electrons. The number of rotatable bonds is 2. The van der Waals surface area contributed by atoms with Gasteiger partial charge in [0.05, 0.1) is 12.3 Å². The standard InChI is InChI=1S/C12H15NOS/c1-7-4-5-14-12(7)11(13)10-6-8(2)15-9(10)3/h4-6,11H,13H2,1-3H3. The lowest BCUT2D eigenvalue weighted by molar-refractivity contribution is 0.486. The Morgan fingerprint density at radius 3 is 2.53 bits per heavy atom. The molecule has 0 aliphatic heterocycles. The van der Waals surface area contributed by atoms with Crippen molar-refractivity contribution in [1.29, 1.82) is 0 Å². The predicted molar refractivity (Wildman–Crippen MR) is 63.3 cm³/mol. The molecule has 0 radical (unpaired) electrons. The maximum Gasteiger partial charge on any atom is 0.127 e. The first-order valence-electron chi connectivity index (χ1n) is 4.96. The van der Waals surface area contributed by atoms with Crippen LogP contribution in [0.3, 0.4) is 0 Å². The van der Waals surface area contributed by atoms with Crippen LogP contribution in [-0.4, -0.2) is 0 Å². The van der Waals surface area contributed by atoms with Crippen LogP contribution in [0.1, 0.15) is 32.7 Å². The van der Waals surface area contributed by atoms with Crippen LogP contribution in [0.25, 0.3) is 0 Å². The first-order chi connectivity index (χ1) is 7.09. The Labute approximate surface area is 93.7 Å². The minimum Gasteiger partial charge on any atom is -0.467 e.